The first-order valence-corrected chi connectivity index (χ1v) is 13.9. The summed E-state index contributed by atoms with van der Waals surface area (Å²) in [7, 11) is -3.79. The van der Waals surface area contributed by atoms with Gasteiger partial charge in [0, 0.05) is 30.5 Å². The standard InChI is InChI=1S/C20H30N4O7P2/c1-14-9-16(23-11-17(12-32-3)31-20(23)26)10-15(2)19(14)22-6-7-24(21-13-22)18(25)5-4-8-30-33(27,28)29/h9-10,13,17,32H,4-8,11-12H2,1-3H3,(H2,27,28,29)/t17-/m1/s1. The van der Waals surface area contributed by atoms with Crippen LogP contribution in [0.15, 0.2) is 17.2 Å². The van der Waals surface area contributed by atoms with Gasteiger partial charge in [0.05, 0.1) is 19.7 Å². The number of phosphoric ester groups is 1. The zero-order valence-corrected chi connectivity index (χ0v) is 20.8. The summed E-state index contributed by atoms with van der Waals surface area (Å²) in [5.74, 6) is -0.237. The lowest BCUT2D eigenvalue weighted by Crippen LogP contribution is -2.41. The molecule has 1 saturated heterocycles. The highest BCUT2D eigenvalue weighted by molar-refractivity contribution is 7.46. The van der Waals surface area contributed by atoms with Crippen molar-refractivity contribution in [3.8, 4) is 0 Å². The molecule has 182 valence electrons. The number of benzene rings is 1. The molecule has 1 fully saturated rings. The maximum absolute atomic E-state index is 12.3. The molecule has 2 aliphatic heterocycles. The maximum atomic E-state index is 12.3. The zero-order valence-electron chi connectivity index (χ0n) is 18.9. The molecule has 3 rings (SSSR count). The highest BCUT2D eigenvalue weighted by atomic mass is 31.2. The second kappa shape index (κ2) is 10.9. The normalized spacial score (nSPS) is 19.1. The van der Waals surface area contributed by atoms with E-state index in [-0.39, 0.29) is 37.6 Å². The fraction of sp³-hybridized carbons (Fsp3) is 0.550. The molecule has 1 aromatic rings. The lowest BCUT2D eigenvalue weighted by atomic mass is 10.1. The number of hydrazone groups is 1. The molecule has 2 amide bonds. The number of hydrogen-bond donors (Lipinski definition) is 2. The number of aryl methyl sites for hydroxylation is 2. The Labute approximate surface area is 194 Å². The third kappa shape index (κ3) is 6.74. The average molecular weight is 500 g/mol. The number of ether oxygens (including phenoxy) is 1. The van der Waals surface area contributed by atoms with Gasteiger partial charge < -0.3 is 19.4 Å². The molecule has 0 aliphatic carbocycles. The van der Waals surface area contributed by atoms with Crippen molar-refractivity contribution in [2.75, 3.05) is 48.9 Å². The summed E-state index contributed by atoms with van der Waals surface area (Å²) in [6, 6.07) is 3.93. The van der Waals surface area contributed by atoms with E-state index in [1.54, 1.807) is 11.2 Å². The average Bonchev–Trinajstić information content (AvgIpc) is 3.11. The maximum Gasteiger partial charge on any atom is 0.469 e. The predicted molar refractivity (Wildman–Crippen MR) is 127 cm³/mol. The Morgan fingerprint density at radius 3 is 2.58 bits per heavy atom. The van der Waals surface area contributed by atoms with E-state index in [0.29, 0.717) is 19.6 Å². The molecule has 0 aromatic heterocycles. The van der Waals surface area contributed by atoms with Crippen molar-refractivity contribution in [3.05, 3.63) is 23.3 Å². The molecule has 0 saturated carbocycles. The van der Waals surface area contributed by atoms with Crippen molar-refractivity contribution in [1.82, 2.24) is 5.01 Å². The highest BCUT2D eigenvalue weighted by Crippen LogP contribution is 2.36. The smallest absolute Gasteiger partial charge is 0.444 e. The fourth-order valence-corrected chi connectivity index (χ4v) is 4.98. The summed E-state index contributed by atoms with van der Waals surface area (Å²) >= 11 is 0. The minimum atomic E-state index is -4.52. The monoisotopic (exact) mass is 500 g/mol. The van der Waals surface area contributed by atoms with Gasteiger partial charge in [0.1, 0.15) is 12.4 Å². The van der Waals surface area contributed by atoms with Crippen LogP contribution in [0.1, 0.15) is 24.0 Å². The van der Waals surface area contributed by atoms with E-state index in [1.165, 1.54) is 5.01 Å². The minimum absolute atomic E-state index is 0.0674. The molecule has 2 atom stereocenters. The van der Waals surface area contributed by atoms with Crippen molar-refractivity contribution in [1.29, 1.82) is 0 Å². The summed E-state index contributed by atoms with van der Waals surface area (Å²) in [6.45, 7) is 7.33. The third-order valence-corrected chi connectivity index (χ3v) is 6.73. The van der Waals surface area contributed by atoms with Crippen LogP contribution in [-0.4, -0.2) is 78.3 Å². The Hall–Kier alpha value is -2.03. The number of cyclic esters (lactones) is 1. The topological polar surface area (TPSA) is 132 Å². The van der Waals surface area contributed by atoms with Crippen LogP contribution in [0.2, 0.25) is 0 Å². The van der Waals surface area contributed by atoms with Crippen LogP contribution in [0.25, 0.3) is 0 Å². The molecule has 2 heterocycles. The van der Waals surface area contributed by atoms with Crippen LogP contribution in [0.4, 0.5) is 16.2 Å². The number of rotatable bonds is 9. The lowest BCUT2D eigenvalue weighted by molar-refractivity contribution is -0.131. The largest absolute Gasteiger partial charge is 0.469 e. The molecule has 2 N–H and O–H groups in total. The summed E-state index contributed by atoms with van der Waals surface area (Å²) in [4.78, 5) is 45.6. The van der Waals surface area contributed by atoms with Gasteiger partial charge in [0.25, 0.3) is 0 Å². The van der Waals surface area contributed by atoms with Crippen LogP contribution in [0.3, 0.4) is 0 Å². The molecule has 33 heavy (non-hydrogen) atoms. The van der Waals surface area contributed by atoms with Crippen LogP contribution < -0.4 is 9.80 Å². The first-order valence-electron chi connectivity index (χ1n) is 10.6. The minimum Gasteiger partial charge on any atom is -0.444 e. The Balaban J connectivity index is 1.62. The first kappa shape index (κ1) is 25.6. The molecule has 1 unspecified atom stereocenters. The van der Waals surface area contributed by atoms with Crippen molar-refractivity contribution >= 4 is 46.1 Å². The van der Waals surface area contributed by atoms with Gasteiger partial charge >= 0.3 is 13.9 Å². The molecule has 0 spiro atoms. The Morgan fingerprint density at radius 2 is 2.00 bits per heavy atom. The van der Waals surface area contributed by atoms with E-state index in [1.807, 2.05) is 30.9 Å². The number of hydrogen-bond acceptors (Lipinski definition) is 7. The number of anilines is 2. The zero-order chi connectivity index (χ0) is 24.2. The van der Waals surface area contributed by atoms with Gasteiger partial charge in [-0.1, -0.05) is 0 Å². The number of amides is 2. The van der Waals surface area contributed by atoms with Crippen LogP contribution in [0.5, 0.6) is 0 Å². The highest BCUT2D eigenvalue weighted by Gasteiger charge is 2.32. The van der Waals surface area contributed by atoms with Crippen molar-refractivity contribution in [2.24, 2.45) is 5.10 Å². The molecule has 0 radical (unpaired) electrons. The van der Waals surface area contributed by atoms with Gasteiger partial charge in [-0.25, -0.2) is 14.4 Å². The Kier molecular flexibility index (Phi) is 8.48. The van der Waals surface area contributed by atoms with E-state index in [2.05, 4.69) is 16.3 Å². The molecule has 2 aliphatic rings. The van der Waals surface area contributed by atoms with Gasteiger partial charge in [0.15, 0.2) is 0 Å². The van der Waals surface area contributed by atoms with Crippen molar-refractivity contribution in [3.63, 3.8) is 0 Å². The Morgan fingerprint density at radius 1 is 1.30 bits per heavy atom. The third-order valence-electron chi connectivity index (χ3n) is 5.35. The summed E-state index contributed by atoms with van der Waals surface area (Å²) < 4.78 is 20.5. The molecular formula is C20H30N4O7P2. The number of carbonyl (C=O) groups is 2. The number of phosphoric acid groups is 1. The van der Waals surface area contributed by atoms with Gasteiger partial charge in [-0.05, 0) is 50.2 Å². The summed E-state index contributed by atoms with van der Waals surface area (Å²) in [5, 5.41) is 5.59. The predicted octanol–water partition coefficient (Wildman–Crippen LogP) is 2.42. The quantitative estimate of drug-likeness (QED) is 0.390. The van der Waals surface area contributed by atoms with Crippen LogP contribution in [-0.2, 0) is 18.6 Å². The Bertz CT molecular complexity index is 945. The van der Waals surface area contributed by atoms with Gasteiger partial charge in [-0.3, -0.25) is 14.2 Å². The molecule has 0 bridgehead atoms. The second-order valence-electron chi connectivity index (χ2n) is 7.97. The van der Waals surface area contributed by atoms with E-state index < -0.39 is 7.82 Å². The number of carbonyl (C=O) groups excluding carboxylic acids is 2. The lowest BCUT2D eigenvalue weighted by Gasteiger charge is -2.31. The second-order valence-corrected chi connectivity index (χ2v) is 10.3. The summed E-state index contributed by atoms with van der Waals surface area (Å²) in [5.41, 5.74) is 3.76. The van der Waals surface area contributed by atoms with E-state index >= 15 is 0 Å². The summed E-state index contributed by atoms with van der Waals surface area (Å²) in [6.07, 6.45) is 2.36. The van der Waals surface area contributed by atoms with E-state index in [0.717, 1.165) is 37.2 Å². The van der Waals surface area contributed by atoms with Crippen molar-refractivity contribution < 1.29 is 33.2 Å². The molecule has 1 aromatic carbocycles. The molecule has 11 nitrogen and oxygen atoms in total. The van der Waals surface area contributed by atoms with E-state index in [4.69, 9.17) is 14.5 Å². The van der Waals surface area contributed by atoms with Gasteiger partial charge in [-0.2, -0.15) is 5.10 Å². The van der Waals surface area contributed by atoms with Gasteiger partial charge in [-0.15, -0.1) is 8.58 Å². The molecule has 13 heteroatoms. The molecular weight excluding hydrogens is 470 g/mol. The van der Waals surface area contributed by atoms with E-state index in [9.17, 15) is 14.2 Å². The fourth-order valence-electron chi connectivity index (χ4n) is 3.95. The number of nitrogens with zero attached hydrogens (tertiary/aromatic N) is 4. The van der Waals surface area contributed by atoms with Gasteiger partial charge in [0.2, 0.25) is 5.91 Å². The van der Waals surface area contributed by atoms with Crippen molar-refractivity contribution in [2.45, 2.75) is 32.8 Å². The van der Waals surface area contributed by atoms with Crippen LogP contribution >= 0.6 is 16.4 Å². The van der Waals surface area contributed by atoms with Crippen LogP contribution in [0, 0.1) is 13.8 Å². The first-order chi connectivity index (χ1) is 15.6. The SMILES string of the molecule is CPC[C@H]1CN(c2cc(C)c(N3C=NN(C(=O)CCCOP(=O)(O)O)CC3)c(C)c2)C(=O)O1.